The Balaban J connectivity index is 2.34. The number of aliphatic hydroxyl groups is 1. The van der Waals surface area contributed by atoms with Crippen LogP contribution in [0, 0.1) is 5.82 Å². The summed E-state index contributed by atoms with van der Waals surface area (Å²) in [6, 6.07) is 1.10. The highest BCUT2D eigenvalue weighted by molar-refractivity contribution is 6.36. The van der Waals surface area contributed by atoms with Crippen LogP contribution in [-0.2, 0) is 9.53 Å². The average Bonchev–Trinajstić information content (AvgIpc) is 2.83. The van der Waals surface area contributed by atoms with E-state index in [0.717, 1.165) is 17.0 Å². The fraction of sp³-hybridized carbons (Fsp3) is 0.385. The Morgan fingerprint density at radius 2 is 2.05 bits per heavy atom. The molecule has 0 spiro atoms. The van der Waals surface area contributed by atoms with Crippen LogP contribution in [0.2, 0.25) is 10.0 Å². The molecule has 0 aliphatic carbocycles. The molecular weight excluding hydrogens is 324 g/mol. The van der Waals surface area contributed by atoms with Gasteiger partial charge in [0.25, 0.3) is 5.91 Å². The Bertz CT molecular complexity index is 596. The summed E-state index contributed by atoms with van der Waals surface area (Å²) >= 11 is 11.5. The number of carbonyl (C=O) groups excluding carboxylic acids is 2. The number of ether oxygens (including phenoxy) is 1. The summed E-state index contributed by atoms with van der Waals surface area (Å²) in [5.74, 6) is -2.10. The van der Waals surface area contributed by atoms with E-state index in [9.17, 15) is 19.1 Å². The average molecular weight is 336 g/mol. The third-order valence-electron chi connectivity index (χ3n) is 3.25. The summed E-state index contributed by atoms with van der Waals surface area (Å²) < 4.78 is 18.1. The van der Waals surface area contributed by atoms with Crippen molar-refractivity contribution in [2.75, 3.05) is 13.7 Å². The summed E-state index contributed by atoms with van der Waals surface area (Å²) in [6.07, 6.45) is -0.791. The summed E-state index contributed by atoms with van der Waals surface area (Å²) in [7, 11) is 1.19. The van der Waals surface area contributed by atoms with Crippen molar-refractivity contribution in [3.05, 3.63) is 33.6 Å². The molecule has 2 atom stereocenters. The predicted octanol–water partition coefficient (Wildman–Crippen LogP) is 1.88. The molecule has 114 valence electrons. The van der Waals surface area contributed by atoms with E-state index in [2.05, 4.69) is 4.74 Å². The molecule has 0 aromatic heterocycles. The lowest BCUT2D eigenvalue weighted by molar-refractivity contribution is -0.145. The molecule has 2 unspecified atom stereocenters. The maximum atomic E-state index is 13.5. The molecule has 1 N–H and O–H groups in total. The van der Waals surface area contributed by atoms with Crippen LogP contribution in [0.1, 0.15) is 16.8 Å². The van der Waals surface area contributed by atoms with Crippen molar-refractivity contribution in [1.29, 1.82) is 0 Å². The first-order valence-corrected chi connectivity index (χ1v) is 6.82. The molecule has 2 rings (SSSR count). The number of β-amino-alcohol motifs (C(OH)–C–C–N with tert-alkyl or cyclic N) is 1. The van der Waals surface area contributed by atoms with Gasteiger partial charge < -0.3 is 14.7 Å². The second-order valence-corrected chi connectivity index (χ2v) is 5.45. The summed E-state index contributed by atoms with van der Waals surface area (Å²) in [6.45, 7) is -0.0564. The van der Waals surface area contributed by atoms with E-state index < -0.39 is 29.8 Å². The Kier molecular flexibility index (Phi) is 4.70. The van der Waals surface area contributed by atoms with Crippen LogP contribution in [0.15, 0.2) is 12.1 Å². The highest BCUT2D eigenvalue weighted by atomic mass is 35.5. The Hall–Kier alpha value is -1.37. The van der Waals surface area contributed by atoms with Gasteiger partial charge in [0.2, 0.25) is 0 Å². The van der Waals surface area contributed by atoms with Gasteiger partial charge in [-0.2, -0.15) is 0 Å². The molecule has 1 fully saturated rings. The van der Waals surface area contributed by atoms with Gasteiger partial charge in [-0.25, -0.2) is 9.18 Å². The van der Waals surface area contributed by atoms with Crippen LogP contribution >= 0.6 is 23.2 Å². The number of halogens is 3. The van der Waals surface area contributed by atoms with E-state index in [1.807, 2.05) is 0 Å². The van der Waals surface area contributed by atoms with Crippen LogP contribution < -0.4 is 0 Å². The fourth-order valence-electron chi connectivity index (χ4n) is 2.24. The van der Waals surface area contributed by atoms with Gasteiger partial charge in [0.15, 0.2) is 0 Å². The van der Waals surface area contributed by atoms with Crippen LogP contribution in [0.25, 0.3) is 0 Å². The minimum Gasteiger partial charge on any atom is -0.467 e. The van der Waals surface area contributed by atoms with Crippen LogP contribution in [0.4, 0.5) is 4.39 Å². The van der Waals surface area contributed by atoms with Crippen LogP contribution in [0.5, 0.6) is 0 Å². The van der Waals surface area contributed by atoms with E-state index in [4.69, 9.17) is 23.2 Å². The molecule has 21 heavy (non-hydrogen) atoms. The molecule has 0 bridgehead atoms. The van der Waals surface area contributed by atoms with E-state index in [1.54, 1.807) is 0 Å². The number of amides is 1. The molecule has 1 aliphatic rings. The molecule has 1 amide bonds. The number of nitrogens with zero attached hydrogens (tertiary/aromatic N) is 1. The maximum Gasteiger partial charge on any atom is 0.328 e. The van der Waals surface area contributed by atoms with Gasteiger partial charge >= 0.3 is 5.97 Å². The van der Waals surface area contributed by atoms with Crippen molar-refractivity contribution in [3.63, 3.8) is 0 Å². The first-order chi connectivity index (χ1) is 9.85. The van der Waals surface area contributed by atoms with Crippen LogP contribution in [-0.4, -0.2) is 47.7 Å². The lowest BCUT2D eigenvalue weighted by atomic mass is 10.1. The summed E-state index contributed by atoms with van der Waals surface area (Å²) in [5, 5.41) is 9.41. The van der Waals surface area contributed by atoms with Crippen molar-refractivity contribution in [2.45, 2.75) is 18.6 Å². The van der Waals surface area contributed by atoms with Gasteiger partial charge in [-0.05, 0) is 12.1 Å². The predicted molar refractivity (Wildman–Crippen MR) is 73.9 cm³/mol. The molecule has 1 aromatic rings. The number of likely N-dealkylation sites (tertiary alicyclic amines) is 1. The standard InChI is InChI=1S/C13H12Cl2FNO4/c1-21-13(20)11-2-6(18)5-17(11)12(19)7-3-10(16)9(15)4-8(7)14/h3-4,6,11,18H,2,5H2,1H3. The zero-order valence-corrected chi connectivity index (χ0v) is 12.5. The van der Waals surface area contributed by atoms with Crippen molar-refractivity contribution in [3.8, 4) is 0 Å². The molecule has 1 heterocycles. The first kappa shape index (κ1) is 16.0. The molecule has 0 radical (unpaired) electrons. The topological polar surface area (TPSA) is 66.8 Å². The fourth-order valence-corrected chi connectivity index (χ4v) is 2.70. The van der Waals surface area contributed by atoms with Crippen molar-refractivity contribution in [2.24, 2.45) is 0 Å². The zero-order chi connectivity index (χ0) is 15.7. The number of esters is 1. The quantitative estimate of drug-likeness (QED) is 0.662. The Morgan fingerprint density at radius 1 is 1.38 bits per heavy atom. The number of hydrogen-bond acceptors (Lipinski definition) is 4. The number of methoxy groups -OCH3 is 1. The van der Waals surface area contributed by atoms with Gasteiger partial charge in [-0.1, -0.05) is 23.2 Å². The van der Waals surface area contributed by atoms with Gasteiger partial charge in [0, 0.05) is 13.0 Å². The SMILES string of the molecule is COC(=O)C1CC(O)CN1C(=O)c1cc(F)c(Cl)cc1Cl. The number of aliphatic hydroxyl groups excluding tert-OH is 1. The maximum absolute atomic E-state index is 13.5. The van der Waals surface area contributed by atoms with Crippen molar-refractivity contribution < 1.29 is 23.8 Å². The van der Waals surface area contributed by atoms with Crippen molar-refractivity contribution >= 4 is 35.1 Å². The van der Waals surface area contributed by atoms with E-state index >= 15 is 0 Å². The van der Waals surface area contributed by atoms with Gasteiger partial charge in [0.1, 0.15) is 11.9 Å². The summed E-state index contributed by atoms with van der Waals surface area (Å²) in [4.78, 5) is 25.2. The second-order valence-electron chi connectivity index (χ2n) is 4.63. The molecule has 1 aromatic carbocycles. The van der Waals surface area contributed by atoms with Gasteiger partial charge in [0.05, 0.1) is 28.8 Å². The normalized spacial score (nSPS) is 21.5. The Labute approximate surface area is 130 Å². The highest BCUT2D eigenvalue weighted by Crippen LogP contribution is 2.28. The molecule has 5 nitrogen and oxygen atoms in total. The highest BCUT2D eigenvalue weighted by Gasteiger charge is 2.40. The van der Waals surface area contributed by atoms with Gasteiger partial charge in [-0.3, -0.25) is 4.79 Å². The Morgan fingerprint density at radius 3 is 2.67 bits per heavy atom. The van der Waals surface area contributed by atoms with Crippen molar-refractivity contribution in [1.82, 2.24) is 4.90 Å². The van der Waals surface area contributed by atoms with E-state index in [1.165, 1.54) is 7.11 Å². The monoisotopic (exact) mass is 335 g/mol. The third kappa shape index (κ3) is 3.12. The minimum atomic E-state index is -0.924. The molecule has 8 heteroatoms. The number of benzene rings is 1. The summed E-state index contributed by atoms with van der Waals surface area (Å²) in [5.41, 5.74) is -0.124. The van der Waals surface area contributed by atoms with E-state index in [0.29, 0.717) is 0 Å². The largest absolute Gasteiger partial charge is 0.467 e. The smallest absolute Gasteiger partial charge is 0.328 e. The first-order valence-electron chi connectivity index (χ1n) is 6.06. The molecule has 1 saturated heterocycles. The molecule has 0 saturated carbocycles. The zero-order valence-electron chi connectivity index (χ0n) is 11.0. The lowest BCUT2D eigenvalue weighted by Gasteiger charge is -2.23. The number of hydrogen-bond donors (Lipinski definition) is 1. The molecular formula is C13H12Cl2FNO4. The third-order valence-corrected chi connectivity index (χ3v) is 3.86. The lowest BCUT2D eigenvalue weighted by Crippen LogP contribution is -2.41. The van der Waals surface area contributed by atoms with Crippen LogP contribution in [0.3, 0.4) is 0 Å². The number of rotatable bonds is 2. The number of carbonyl (C=O) groups is 2. The minimum absolute atomic E-state index is 0.0311. The van der Waals surface area contributed by atoms with Gasteiger partial charge in [-0.15, -0.1) is 0 Å². The second kappa shape index (κ2) is 6.17. The van der Waals surface area contributed by atoms with E-state index in [-0.39, 0.29) is 28.6 Å². The molecule has 1 aliphatic heterocycles.